The third-order valence-corrected chi connectivity index (χ3v) is 1.58. The summed E-state index contributed by atoms with van der Waals surface area (Å²) in [5.41, 5.74) is 2.74. The lowest BCUT2D eigenvalue weighted by Crippen LogP contribution is -2.29. The van der Waals surface area contributed by atoms with E-state index in [1.54, 1.807) is 22.0 Å². The van der Waals surface area contributed by atoms with Gasteiger partial charge in [-0.05, 0) is 6.92 Å². The molecule has 0 radical (unpaired) electrons. The Hall–Kier alpha value is -1.36. The van der Waals surface area contributed by atoms with E-state index < -0.39 is 0 Å². The summed E-state index contributed by atoms with van der Waals surface area (Å²) in [6.45, 7) is 2.57. The number of hydrazine groups is 1. The number of anilines is 1. The minimum absolute atomic E-state index is 0.0984. The van der Waals surface area contributed by atoms with Crippen molar-refractivity contribution in [3.63, 3.8) is 0 Å². The first-order chi connectivity index (χ1) is 6.15. The van der Waals surface area contributed by atoms with Crippen molar-refractivity contribution in [1.29, 1.82) is 0 Å². The molecule has 0 aromatic carbocycles. The van der Waals surface area contributed by atoms with Crippen LogP contribution in [0.4, 0.5) is 5.82 Å². The number of nitrogens with zero attached hydrogens (tertiary/aromatic N) is 3. The molecule has 0 fully saturated rings. The Morgan fingerprint density at radius 3 is 2.85 bits per heavy atom. The second-order valence-corrected chi connectivity index (χ2v) is 2.87. The molecule has 1 rings (SSSR count). The van der Waals surface area contributed by atoms with E-state index in [-0.39, 0.29) is 5.56 Å². The summed E-state index contributed by atoms with van der Waals surface area (Å²) in [5, 5.41) is 1.68. The zero-order chi connectivity index (χ0) is 9.84. The van der Waals surface area contributed by atoms with Crippen LogP contribution in [0.25, 0.3) is 0 Å². The lowest BCUT2D eigenvalue weighted by Gasteiger charge is -2.12. The molecule has 0 aliphatic heterocycles. The number of nitrogens with one attached hydrogen (secondary N) is 1. The van der Waals surface area contributed by atoms with Crippen LogP contribution in [0.15, 0.2) is 17.2 Å². The van der Waals surface area contributed by atoms with Gasteiger partial charge in [-0.15, -0.1) is 0 Å². The van der Waals surface area contributed by atoms with Gasteiger partial charge in [0.15, 0.2) is 0 Å². The minimum atomic E-state index is -0.0984. The van der Waals surface area contributed by atoms with Gasteiger partial charge in [0.25, 0.3) is 5.56 Å². The summed E-state index contributed by atoms with van der Waals surface area (Å²) in [6.07, 6.45) is 3.28. The Balaban J connectivity index is 3.02. The van der Waals surface area contributed by atoms with Crippen molar-refractivity contribution in [2.75, 3.05) is 19.5 Å². The highest BCUT2D eigenvalue weighted by Gasteiger charge is 2.02. The molecule has 72 valence electrons. The van der Waals surface area contributed by atoms with E-state index in [2.05, 4.69) is 10.4 Å². The molecule has 1 heterocycles. The van der Waals surface area contributed by atoms with Gasteiger partial charge in [-0.1, -0.05) is 0 Å². The highest BCUT2D eigenvalue weighted by molar-refractivity contribution is 5.28. The smallest absolute Gasteiger partial charge is 0.294 e. The van der Waals surface area contributed by atoms with Gasteiger partial charge >= 0.3 is 0 Å². The molecular weight excluding hydrogens is 168 g/mol. The number of rotatable bonds is 3. The maximum absolute atomic E-state index is 11.5. The van der Waals surface area contributed by atoms with Crippen LogP contribution >= 0.6 is 0 Å². The molecule has 0 spiro atoms. The lowest BCUT2D eigenvalue weighted by molar-refractivity contribution is 0.489. The predicted molar refractivity (Wildman–Crippen MR) is 51.5 cm³/mol. The van der Waals surface area contributed by atoms with E-state index in [9.17, 15) is 4.79 Å². The summed E-state index contributed by atoms with van der Waals surface area (Å²) in [4.78, 5) is 15.5. The van der Waals surface area contributed by atoms with Crippen LogP contribution in [0.3, 0.4) is 0 Å². The number of hydrogen-bond donors (Lipinski definition) is 1. The van der Waals surface area contributed by atoms with Crippen LogP contribution in [-0.4, -0.2) is 28.7 Å². The molecule has 0 aliphatic rings. The molecule has 0 saturated carbocycles. The Labute approximate surface area is 77.0 Å². The molecule has 0 amide bonds. The monoisotopic (exact) mass is 182 g/mol. The molecule has 1 aromatic heterocycles. The molecular formula is C8H14N4O. The van der Waals surface area contributed by atoms with Crippen LogP contribution in [-0.2, 0) is 6.54 Å². The molecule has 0 aliphatic carbocycles. The van der Waals surface area contributed by atoms with Crippen molar-refractivity contribution in [3.05, 3.63) is 22.7 Å². The molecule has 5 heteroatoms. The average molecular weight is 182 g/mol. The van der Waals surface area contributed by atoms with Crippen LogP contribution in [0.2, 0.25) is 0 Å². The molecule has 5 nitrogen and oxygen atoms in total. The highest BCUT2D eigenvalue weighted by atomic mass is 16.1. The number of aromatic nitrogens is 2. The fourth-order valence-electron chi connectivity index (χ4n) is 0.985. The van der Waals surface area contributed by atoms with Gasteiger partial charge in [-0.3, -0.25) is 10.2 Å². The first-order valence-corrected chi connectivity index (χ1v) is 4.14. The molecule has 0 atom stereocenters. The van der Waals surface area contributed by atoms with Crippen LogP contribution in [0.5, 0.6) is 0 Å². The first kappa shape index (κ1) is 9.73. The van der Waals surface area contributed by atoms with Crippen LogP contribution in [0.1, 0.15) is 6.92 Å². The number of aryl methyl sites for hydroxylation is 1. The predicted octanol–water partition coefficient (Wildman–Crippen LogP) is 0.152. The van der Waals surface area contributed by atoms with Crippen molar-refractivity contribution < 1.29 is 0 Å². The zero-order valence-corrected chi connectivity index (χ0v) is 8.11. The Morgan fingerprint density at radius 2 is 2.31 bits per heavy atom. The molecule has 0 bridgehead atoms. The second kappa shape index (κ2) is 4.04. The summed E-state index contributed by atoms with van der Waals surface area (Å²) < 4.78 is 1.60. The molecule has 0 unspecified atom stereocenters. The SMILES string of the molecule is CCn1ccnc(NN(C)C)c1=O. The molecule has 13 heavy (non-hydrogen) atoms. The van der Waals surface area contributed by atoms with Crippen molar-refractivity contribution in [1.82, 2.24) is 14.6 Å². The second-order valence-electron chi connectivity index (χ2n) is 2.87. The fraction of sp³-hybridized carbons (Fsp3) is 0.500. The van der Waals surface area contributed by atoms with Gasteiger partial charge in [-0.2, -0.15) is 0 Å². The van der Waals surface area contributed by atoms with Crippen molar-refractivity contribution in [3.8, 4) is 0 Å². The third kappa shape index (κ3) is 2.29. The van der Waals surface area contributed by atoms with Crippen molar-refractivity contribution >= 4 is 5.82 Å². The maximum Gasteiger partial charge on any atom is 0.294 e. The normalized spacial score (nSPS) is 10.5. The quantitative estimate of drug-likeness (QED) is 0.676. The zero-order valence-electron chi connectivity index (χ0n) is 8.11. The molecule has 1 aromatic rings. The van der Waals surface area contributed by atoms with Gasteiger partial charge in [0.1, 0.15) is 0 Å². The highest BCUT2D eigenvalue weighted by Crippen LogP contribution is 1.92. The van der Waals surface area contributed by atoms with Gasteiger partial charge in [0.2, 0.25) is 5.82 Å². The molecule has 0 saturated heterocycles. The minimum Gasteiger partial charge on any atom is -0.311 e. The summed E-state index contributed by atoms with van der Waals surface area (Å²) >= 11 is 0. The largest absolute Gasteiger partial charge is 0.311 e. The van der Waals surface area contributed by atoms with E-state index >= 15 is 0 Å². The molecule has 1 N–H and O–H groups in total. The van der Waals surface area contributed by atoms with Gasteiger partial charge < -0.3 is 4.57 Å². The van der Waals surface area contributed by atoms with Crippen LogP contribution < -0.4 is 11.0 Å². The maximum atomic E-state index is 11.5. The lowest BCUT2D eigenvalue weighted by atomic mass is 10.6. The fourth-order valence-corrected chi connectivity index (χ4v) is 0.985. The number of hydrogen-bond acceptors (Lipinski definition) is 4. The first-order valence-electron chi connectivity index (χ1n) is 4.14. The van der Waals surface area contributed by atoms with Crippen LogP contribution in [0, 0.1) is 0 Å². The van der Waals surface area contributed by atoms with Crippen molar-refractivity contribution in [2.45, 2.75) is 13.5 Å². The van der Waals surface area contributed by atoms with Gasteiger partial charge in [-0.25, -0.2) is 9.99 Å². The summed E-state index contributed by atoms with van der Waals surface area (Å²) in [5.74, 6) is 0.356. The standard InChI is InChI=1S/C8H14N4O/c1-4-12-6-5-9-7(8(12)13)10-11(2)3/h5-6H,4H2,1-3H3,(H,9,10). The summed E-state index contributed by atoms with van der Waals surface area (Å²) in [7, 11) is 3.62. The summed E-state index contributed by atoms with van der Waals surface area (Å²) in [6, 6.07) is 0. The Kier molecular flexibility index (Phi) is 3.02. The Morgan fingerprint density at radius 1 is 1.62 bits per heavy atom. The third-order valence-electron chi connectivity index (χ3n) is 1.58. The Bertz CT molecular complexity index is 331. The van der Waals surface area contributed by atoms with Gasteiger partial charge in [0, 0.05) is 33.0 Å². The average Bonchev–Trinajstić information content (AvgIpc) is 2.08. The van der Waals surface area contributed by atoms with E-state index in [1.165, 1.54) is 0 Å². The van der Waals surface area contributed by atoms with E-state index in [1.807, 2.05) is 21.0 Å². The van der Waals surface area contributed by atoms with Gasteiger partial charge in [0.05, 0.1) is 0 Å². The van der Waals surface area contributed by atoms with E-state index in [4.69, 9.17) is 0 Å². The van der Waals surface area contributed by atoms with E-state index in [0.29, 0.717) is 12.4 Å². The van der Waals surface area contributed by atoms with E-state index in [0.717, 1.165) is 0 Å². The van der Waals surface area contributed by atoms with Crippen molar-refractivity contribution in [2.24, 2.45) is 0 Å². The topological polar surface area (TPSA) is 50.2 Å².